The summed E-state index contributed by atoms with van der Waals surface area (Å²) in [6.07, 6.45) is 8.42. The summed E-state index contributed by atoms with van der Waals surface area (Å²) in [5.41, 5.74) is 1.08. The van der Waals surface area contributed by atoms with Gasteiger partial charge in [0.15, 0.2) is 10.2 Å². The fourth-order valence-corrected chi connectivity index (χ4v) is 5.84. The molecule has 0 saturated carbocycles. The Morgan fingerprint density at radius 2 is 1.32 bits per heavy atom. The van der Waals surface area contributed by atoms with Crippen molar-refractivity contribution in [3.05, 3.63) is 50.6 Å². The van der Waals surface area contributed by atoms with Crippen LogP contribution in [-0.4, -0.2) is 44.7 Å². The number of hydrogen-bond donors (Lipinski definition) is 0. The molecule has 0 aliphatic heterocycles. The van der Waals surface area contributed by atoms with Crippen molar-refractivity contribution >= 4 is 72.2 Å². The van der Waals surface area contributed by atoms with Crippen LogP contribution >= 0.6 is 34.9 Å². The van der Waals surface area contributed by atoms with Crippen LogP contribution in [0.5, 0.6) is 0 Å². The van der Waals surface area contributed by atoms with Crippen LogP contribution in [0.15, 0.2) is 40.6 Å². The van der Waals surface area contributed by atoms with Crippen molar-refractivity contribution in [3.8, 4) is 0 Å². The standard InChI is InChI=1S/C26H35N5O6S3/c1-20(32)38-17-9-5-3-7-15-29(16-8-4-6-10-18-39-21(2)33)23-13-11-22(12-14-23)27-28-26-24(30(34)35)19-25(40-26)31(36)37/h11-14,19H,3-10,15-18H2,1-2H3. The first-order valence-corrected chi connectivity index (χ1v) is 15.9. The fourth-order valence-electron chi connectivity index (χ4n) is 3.80. The van der Waals surface area contributed by atoms with E-state index in [0.717, 1.165) is 87.7 Å². The van der Waals surface area contributed by atoms with Crippen LogP contribution in [0.1, 0.15) is 65.2 Å². The molecule has 2 aromatic rings. The highest BCUT2D eigenvalue weighted by atomic mass is 32.2. The van der Waals surface area contributed by atoms with E-state index in [-0.39, 0.29) is 20.2 Å². The zero-order chi connectivity index (χ0) is 29.3. The number of nitrogens with zero attached hydrogens (tertiary/aromatic N) is 5. The number of unbranched alkanes of at least 4 members (excludes halogenated alkanes) is 6. The van der Waals surface area contributed by atoms with Gasteiger partial charge in [0.05, 0.1) is 15.5 Å². The Labute approximate surface area is 246 Å². The molecule has 0 fully saturated rings. The Kier molecular flexibility index (Phi) is 15.4. The molecule has 2 rings (SSSR count). The zero-order valence-electron chi connectivity index (χ0n) is 22.8. The van der Waals surface area contributed by atoms with Crippen LogP contribution in [0.3, 0.4) is 0 Å². The summed E-state index contributed by atoms with van der Waals surface area (Å²) in [7, 11) is 0. The van der Waals surface area contributed by atoms with E-state index in [1.54, 1.807) is 26.0 Å². The number of thiophene rings is 1. The van der Waals surface area contributed by atoms with E-state index in [0.29, 0.717) is 17.0 Å². The Morgan fingerprint density at radius 3 is 1.80 bits per heavy atom. The molecule has 0 unspecified atom stereocenters. The lowest BCUT2D eigenvalue weighted by Crippen LogP contribution is -2.25. The molecule has 1 aromatic heterocycles. The monoisotopic (exact) mass is 609 g/mol. The molecule has 14 heteroatoms. The van der Waals surface area contributed by atoms with Gasteiger partial charge in [0, 0.05) is 44.1 Å². The summed E-state index contributed by atoms with van der Waals surface area (Å²) < 4.78 is 0. The predicted molar refractivity (Wildman–Crippen MR) is 164 cm³/mol. The first-order valence-electron chi connectivity index (χ1n) is 13.1. The van der Waals surface area contributed by atoms with Gasteiger partial charge in [-0.1, -0.05) is 49.2 Å². The smallest absolute Gasteiger partial charge is 0.333 e. The Hall–Kier alpha value is -2.84. The number of carbonyl (C=O) groups is 2. The molecular formula is C26H35N5O6S3. The summed E-state index contributed by atoms with van der Waals surface area (Å²) >= 11 is 3.36. The van der Waals surface area contributed by atoms with Gasteiger partial charge in [0.2, 0.25) is 5.00 Å². The van der Waals surface area contributed by atoms with E-state index >= 15 is 0 Å². The molecule has 1 heterocycles. The third-order valence-corrected chi connectivity index (χ3v) is 8.54. The number of benzene rings is 1. The average Bonchev–Trinajstić information content (AvgIpc) is 3.35. The highest BCUT2D eigenvalue weighted by Crippen LogP contribution is 2.42. The average molecular weight is 610 g/mol. The Balaban J connectivity index is 1.98. The molecule has 1 aromatic carbocycles. The van der Waals surface area contributed by atoms with Crippen molar-refractivity contribution in [1.29, 1.82) is 0 Å². The van der Waals surface area contributed by atoms with E-state index in [9.17, 15) is 29.8 Å². The predicted octanol–water partition coefficient (Wildman–Crippen LogP) is 8.47. The lowest BCUT2D eigenvalue weighted by atomic mass is 10.1. The third kappa shape index (κ3) is 13.0. The minimum Gasteiger partial charge on any atom is -0.372 e. The summed E-state index contributed by atoms with van der Waals surface area (Å²) in [5.74, 6) is 1.72. The van der Waals surface area contributed by atoms with Gasteiger partial charge in [-0.15, -0.1) is 10.2 Å². The molecule has 218 valence electrons. The van der Waals surface area contributed by atoms with Crippen molar-refractivity contribution in [2.75, 3.05) is 29.5 Å². The van der Waals surface area contributed by atoms with Crippen LogP contribution in [-0.2, 0) is 9.59 Å². The number of nitro groups is 2. The second-order valence-electron chi connectivity index (χ2n) is 9.00. The van der Waals surface area contributed by atoms with Gasteiger partial charge in [-0.25, -0.2) is 0 Å². The van der Waals surface area contributed by atoms with Crippen molar-refractivity contribution < 1.29 is 19.4 Å². The molecular weight excluding hydrogens is 575 g/mol. The normalized spacial score (nSPS) is 11.2. The molecule has 0 saturated heterocycles. The maximum atomic E-state index is 11.2. The highest BCUT2D eigenvalue weighted by Gasteiger charge is 2.25. The van der Waals surface area contributed by atoms with E-state index < -0.39 is 15.5 Å². The highest BCUT2D eigenvalue weighted by molar-refractivity contribution is 8.13. The first kappa shape index (κ1) is 33.4. The summed E-state index contributed by atoms with van der Waals surface area (Å²) in [4.78, 5) is 45.3. The van der Waals surface area contributed by atoms with Gasteiger partial charge in [-0.3, -0.25) is 29.8 Å². The molecule has 0 amide bonds. The van der Waals surface area contributed by atoms with Crippen molar-refractivity contribution in [3.63, 3.8) is 0 Å². The quantitative estimate of drug-likeness (QED) is 0.0661. The molecule has 0 atom stereocenters. The van der Waals surface area contributed by atoms with Crippen LogP contribution in [0.4, 0.5) is 27.1 Å². The summed E-state index contributed by atoms with van der Waals surface area (Å²) in [6, 6.07) is 8.32. The van der Waals surface area contributed by atoms with E-state index in [1.807, 2.05) is 12.1 Å². The van der Waals surface area contributed by atoms with Gasteiger partial charge < -0.3 is 4.90 Å². The van der Waals surface area contributed by atoms with Crippen LogP contribution in [0, 0.1) is 20.2 Å². The van der Waals surface area contributed by atoms with Gasteiger partial charge in [0.1, 0.15) is 6.07 Å². The lowest BCUT2D eigenvalue weighted by molar-refractivity contribution is -0.389. The minimum atomic E-state index is -0.705. The first-order chi connectivity index (χ1) is 19.2. The van der Waals surface area contributed by atoms with Crippen LogP contribution in [0.25, 0.3) is 0 Å². The van der Waals surface area contributed by atoms with Gasteiger partial charge >= 0.3 is 10.7 Å². The van der Waals surface area contributed by atoms with Gasteiger partial charge in [-0.05, 0) is 61.3 Å². The number of anilines is 1. The maximum absolute atomic E-state index is 11.2. The number of thioether (sulfide) groups is 2. The molecule has 0 radical (unpaired) electrons. The number of rotatable bonds is 19. The molecule has 40 heavy (non-hydrogen) atoms. The number of azo groups is 1. The van der Waals surface area contributed by atoms with Crippen molar-refractivity contribution in [2.45, 2.75) is 65.2 Å². The molecule has 11 nitrogen and oxygen atoms in total. The molecule has 0 N–H and O–H groups in total. The molecule has 0 aliphatic carbocycles. The second kappa shape index (κ2) is 18.5. The SMILES string of the molecule is CC(=O)SCCCCCCN(CCCCCCSC(C)=O)c1ccc(N=Nc2sc([N+](=O)[O-])cc2[N+](=O)[O-])cc1. The number of hydrogen-bond acceptors (Lipinski definition) is 12. The van der Waals surface area contributed by atoms with Crippen LogP contribution < -0.4 is 4.90 Å². The Bertz CT molecular complexity index is 1130. The molecule has 0 spiro atoms. The molecule has 0 aliphatic rings. The number of carbonyl (C=O) groups excluding carboxylic acids is 2. The Morgan fingerprint density at radius 1 is 0.800 bits per heavy atom. The largest absolute Gasteiger partial charge is 0.372 e. The zero-order valence-corrected chi connectivity index (χ0v) is 25.2. The van der Waals surface area contributed by atoms with Crippen LogP contribution in [0.2, 0.25) is 0 Å². The lowest BCUT2D eigenvalue weighted by Gasteiger charge is -2.25. The van der Waals surface area contributed by atoms with E-state index in [2.05, 4.69) is 15.1 Å². The maximum Gasteiger partial charge on any atom is 0.333 e. The third-order valence-electron chi connectivity index (χ3n) is 5.78. The summed E-state index contributed by atoms with van der Waals surface area (Å²) in [5, 5.41) is 30.0. The van der Waals surface area contributed by atoms with Gasteiger partial charge in [0.25, 0.3) is 0 Å². The van der Waals surface area contributed by atoms with E-state index in [1.165, 1.54) is 23.5 Å². The minimum absolute atomic E-state index is 0.120. The second-order valence-corrected chi connectivity index (χ2v) is 12.6. The molecule has 0 bridgehead atoms. The fraction of sp³-hybridized carbons (Fsp3) is 0.538. The van der Waals surface area contributed by atoms with Crippen molar-refractivity contribution in [2.24, 2.45) is 10.2 Å². The topological polar surface area (TPSA) is 148 Å². The van der Waals surface area contributed by atoms with Crippen molar-refractivity contribution in [1.82, 2.24) is 0 Å². The summed E-state index contributed by atoms with van der Waals surface area (Å²) in [6.45, 7) is 4.98. The van der Waals surface area contributed by atoms with Gasteiger partial charge in [-0.2, -0.15) is 0 Å². The van der Waals surface area contributed by atoms with E-state index in [4.69, 9.17) is 0 Å².